The summed E-state index contributed by atoms with van der Waals surface area (Å²) in [5, 5.41) is 0. The quantitative estimate of drug-likeness (QED) is 0.666. The number of thiazole rings is 1. The van der Waals surface area contributed by atoms with E-state index in [9.17, 15) is 0 Å². The molecule has 0 fully saturated rings. The normalized spacial score (nSPS) is 24.9. The van der Waals surface area contributed by atoms with Crippen molar-refractivity contribution in [3.63, 3.8) is 0 Å². The van der Waals surface area contributed by atoms with Crippen LogP contribution in [0.3, 0.4) is 0 Å². The van der Waals surface area contributed by atoms with Crippen LogP contribution in [0.5, 0.6) is 0 Å². The molecular weight excluding hydrogens is 210 g/mol. The van der Waals surface area contributed by atoms with Crippen molar-refractivity contribution in [1.82, 2.24) is 4.98 Å². The molecule has 1 unspecified atom stereocenters. The summed E-state index contributed by atoms with van der Waals surface area (Å²) in [5.74, 6) is 1.78. The molecule has 1 aromatic rings. The van der Waals surface area contributed by atoms with Gasteiger partial charge >= 0.3 is 0 Å². The molecule has 1 aliphatic heterocycles. The Morgan fingerprint density at radius 2 is 2.43 bits per heavy atom. The molecule has 0 saturated carbocycles. The van der Waals surface area contributed by atoms with Crippen molar-refractivity contribution in [2.24, 2.45) is 0 Å². The fourth-order valence-corrected chi connectivity index (χ4v) is 4.10. The summed E-state index contributed by atoms with van der Waals surface area (Å²) in [6.07, 6.45) is 9.01. The molecule has 0 N–H and O–H groups in total. The first kappa shape index (κ1) is 8.74. The first-order valence-corrected chi connectivity index (χ1v) is 6.73. The molecule has 0 radical (unpaired) electrons. The lowest BCUT2D eigenvalue weighted by atomic mass is 9.96. The zero-order valence-electron chi connectivity index (χ0n) is 7.77. The predicted molar refractivity (Wildman–Crippen MR) is 62.9 cm³/mol. The number of fused-ring (bicyclic) bond motifs is 3. The van der Waals surface area contributed by atoms with Gasteiger partial charge in [0.15, 0.2) is 0 Å². The third-order valence-electron chi connectivity index (χ3n) is 2.71. The van der Waals surface area contributed by atoms with Gasteiger partial charge in [-0.15, -0.1) is 23.1 Å². The van der Waals surface area contributed by atoms with Gasteiger partial charge in [-0.1, -0.05) is 18.2 Å². The molecule has 0 spiro atoms. The molecule has 0 amide bonds. The van der Waals surface area contributed by atoms with Crippen molar-refractivity contribution in [3.8, 4) is 0 Å². The van der Waals surface area contributed by atoms with E-state index in [2.05, 4.69) is 23.2 Å². The fraction of sp³-hybridized carbons (Fsp3) is 0.364. The number of allylic oxidation sites excluding steroid dienone is 4. The third kappa shape index (κ3) is 1.35. The summed E-state index contributed by atoms with van der Waals surface area (Å²) in [6.45, 7) is 0. The molecule has 0 saturated heterocycles. The van der Waals surface area contributed by atoms with Crippen molar-refractivity contribution < 1.29 is 0 Å². The van der Waals surface area contributed by atoms with E-state index in [0.29, 0.717) is 5.92 Å². The average Bonchev–Trinajstić information content (AvgIpc) is 2.61. The van der Waals surface area contributed by atoms with Crippen molar-refractivity contribution in [1.29, 1.82) is 0 Å². The van der Waals surface area contributed by atoms with Gasteiger partial charge in [-0.25, -0.2) is 4.98 Å². The van der Waals surface area contributed by atoms with Gasteiger partial charge in [0, 0.05) is 16.5 Å². The largest absolute Gasteiger partial charge is 0.249 e. The van der Waals surface area contributed by atoms with Gasteiger partial charge in [0.05, 0.1) is 11.2 Å². The van der Waals surface area contributed by atoms with Crippen LogP contribution in [0.15, 0.2) is 28.6 Å². The molecule has 1 atom stereocenters. The Morgan fingerprint density at radius 1 is 1.43 bits per heavy atom. The molecule has 14 heavy (non-hydrogen) atoms. The highest BCUT2D eigenvalue weighted by Crippen LogP contribution is 2.42. The standard InChI is InChI=1S/C11H11NS2/c1-2-4-9-8(3-1)11-10(5-6-13-9)14-7-12-11/h1-2,4,7-8H,3,5-6H2. The van der Waals surface area contributed by atoms with Crippen LogP contribution in [0.1, 0.15) is 22.9 Å². The summed E-state index contributed by atoms with van der Waals surface area (Å²) in [7, 11) is 0. The highest BCUT2D eigenvalue weighted by molar-refractivity contribution is 8.03. The van der Waals surface area contributed by atoms with Crippen molar-refractivity contribution >= 4 is 23.1 Å². The average molecular weight is 221 g/mol. The van der Waals surface area contributed by atoms with Gasteiger partial charge < -0.3 is 0 Å². The van der Waals surface area contributed by atoms with Gasteiger partial charge in [0.1, 0.15) is 0 Å². The van der Waals surface area contributed by atoms with Crippen LogP contribution in [-0.4, -0.2) is 10.7 Å². The van der Waals surface area contributed by atoms with Gasteiger partial charge in [-0.05, 0) is 17.7 Å². The van der Waals surface area contributed by atoms with Crippen molar-refractivity contribution in [2.45, 2.75) is 18.8 Å². The molecule has 1 nitrogen and oxygen atoms in total. The zero-order chi connectivity index (χ0) is 9.38. The summed E-state index contributed by atoms with van der Waals surface area (Å²) in [5.41, 5.74) is 3.34. The molecule has 0 bridgehead atoms. The molecular formula is C11H11NS2. The monoisotopic (exact) mass is 221 g/mol. The van der Waals surface area contributed by atoms with E-state index in [-0.39, 0.29) is 0 Å². The summed E-state index contributed by atoms with van der Waals surface area (Å²) in [6, 6.07) is 0. The minimum absolute atomic E-state index is 0.564. The molecule has 3 rings (SSSR count). The SMILES string of the molecule is C1=CCC2C(=C1)SCCc1scnc12. The second-order valence-corrected chi connectivity index (χ2v) is 5.65. The van der Waals surface area contributed by atoms with Crippen molar-refractivity contribution in [2.75, 3.05) is 5.75 Å². The summed E-state index contributed by atoms with van der Waals surface area (Å²) < 4.78 is 0. The van der Waals surface area contributed by atoms with Crippen LogP contribution in [-0.2, 0) is 6.42 Å². The van der Waals surface area contributed by atoms with E-state index in [4.69, 9.17) is 0 Å². The fourth-order valence-electron chi connectivity index (χ4n) is 2.02. The second-order valence-electron chi connectivity index (χ2n) is 3.54. The highest BCUT2D eigenvalue weighted by Gasteiger charge is 2.25. The Hall–Kier alpha value is -0.540. The first-order valence-electron chi connectivity index (χ1n) is 4.87. The second kappa shape index (κ2) is 3.55. The molecule has 72 valence electrons. The summed E-state index contributed by atoms with van der Waals surface area (Å²) in [4.78, 5) is 7.54. The van der Waals surface area contributed by atoms with Crippen LogP contribution >= 0.6 is 23.1 Å². The molecule has 2 heterocycles. The van der Waals surface area contributed by atoms with E-state index in [1.165, 1.54) is 27.6 Å². The lowest BCUT2D eigenvalue weighted by molar-refractivity contribution is 0.805. The number of thioether (sulfide) groups is 1. The Balaban J connectivity index is 2.08. The molecule has 1 aromatic heterocycles. The van der Waals surface area contributed by atoms with Crippen LogP contribution in [0.2, 0.25) is 0 Å². The molecule has 2 aliphatic rings. The minimum Gasteiger partial charge on any atom is -0.249 e. The number of hydrogen-bond donors (Lipinski definition) is 0. The van der Waals surface area contributed by atoms with Gasteiger partial charge in [0.2, 0.25) is 0 Å². The van der Waals surface area contributed by atoms with E-state index < -0.39 is 0 Å². The number of nitrogens with zero attached hydrogens (tertiary/aromatic N) is 1. The maximum absolute atomic E-state index is 4.53. The van der Waals surface area contributed by atoms with Crippen LogP contribution in [0, 0.1) is 0 Å². The first-order chi connectivity index (χ1) is 6.95. The molecule has 3 heteroatoms. The lowest BCUT2D eigenvalue weighted by Gasteiger charge is -2.17. The third-order valence-corrected chi connectivity index (χ3v) is 4.78. The maximum Gasteiger partial charge on any atom is 0.0797 e. The minimum atomic E-state index is 0.564. The number of hydrogen-bond acceptors (Lipinski definition) is 3. The van der Waals surface area contributed by atoms with Crippen LogP contribution < -0.4 is 0 Å². The zero-order valence-corrected chi connectivity index (χ0v) is 9.40. The Bertz CT molecular complexity index is 403. The van der Waals surface area contributed by atoms with Crippen molar-refractivity contribution in [3.05, 3.63) is 39.2 Å². The van der Waals surface area contributed by atoms with E-state index >= 15 is 0 Å². The van der Waals surface area contributed by atoms with Gasteiger partial charge in [0.25, 0.3) is 0 Å². The Labute approximate surface area is 91.9 Å². The van der Waals surface area contributed by atoms with E-state index in [1.807, 2.05) is 28.6 Å². The van der Waals surface area contributed by atoms with E-state index in [1.54, 1.807) is 0 Å². The number of aromatic nitrogens is 1. The summed E-state index contributed by atoms with van der Waals surface area (Å²) >= 11 is 3.82. The highest BCUT2D eigenvalue weighted by atomic mass is 32.2. The molecule has 0 aromatic carbocycles. The Morgan fingerprint density at radius 3 is 3.43 bits per heavy atom. The molecule has 1 aliphatic carbocycles. The van der Waals surface area contributed by atoms with Gasteiger partial charge in [-0.2, -0.15) is 0 Å². The topological polar surface area (TPSA) is 12.9 Å². The van der Waals surface area contributed by atoms with E-state index in [0.717, 1.165) is 6.42 Å². The van der Waals surface area contributed by atoms with Crippen LogP contribution in [0.4, 0.5) is 0 Å². The maximum atomic E-state index is 4.53. The smallest absolute Gasteiger partial charge is 0.0797 e. The Kier molecular flexibility index (Phi) is 2.22. The van der Waals surface area contributed by atoms with Gasteiger partial charge in [-0.3, -0.25) is 0 Å². The lowest BCUT2D eigenvalue weighted by Crippen LogP contribution is -2.02. The van der Waals surface area contributed by atoms with Crippen LogP contribution in [0.25, 0.3) is 0 Å². The predicted octanol–water partition coefficient (Wildman–Crippen LogP) is 3.36. The number of aryl methyl sites for hydroxylation is 1. The number of rotatable bonds is 0.